The van der Waals surface area contributed by atoms with Crippen LogP contribution in [0.15, 0.2) is 48.5 Å². The molecule has 1 aromatic heterocycles. The molecule has 0 spiro atoms. The summed E-state index contributed by atoms with van der Waals surface area (Å²) in [6, 6.07) is 15.6. The summed E-state index contributed by atoms with van der Waals surface area (Å²) in [7, 11) is 0. The number of nitrogens with one attached hydrogen (secondary N) is 2. The molecule has 2 aromatic carbocycles. The third-order valence-corrected chi connectivity index (χ3v) is 6.47. The third kappa shape index (κ3) is 4.17. The van der Waals surface area contributed by atoms with E-state index in [4.69, 9.17) is 10.5 Å². The summed E-state index contributed by atoms with van der Waals surface area (Å²) in [4.78, 5) is 17.8. The van der Waals surface area contributed by atoms with Crippen molar-refractivity contribution in [3.8, 4) is 5.75 Å². The number of thiazole rings is 1. The van der Waals surface area contributed by atoms with Crippen molar-refractivity contribution in [1.29, 1.82) is 0 Å². The van der Waals surface area contributed by atoms with Crippen LogP contribution in [0.1, 0.15) is 46.0 Å². The molecule has 6 nitrogen and oxygen atoms in total. The van der Waals surface area contributed by atoms with Crippen LogP contribution in [0.25, 0.3) is 0 Å². The molecule has 154 valence electrons. The van der Waals surface area contributed by atoms with E-state index in [-0.39, 0.29) is 17.7 Å². The van der Waals surface area contributed by atoms with Crippen molar-refractivity contribution in [2.75, 3.05) is 24.1 Å². The van der Waals surface area contributed by atoms with Gasteiger partial charge in [-0.15, -0.1) is 0 Å². The van der Waals surface area contributed by atoms with Crippen LogP contribution >= 0.6 is 11.3 Å². The van der Waals surface area contributed by atoms with Gasteiger partial charge in [0.25, 0.3) is 0 Å². The van der Waals surface area contributed by atoms with Crippen molar-refractivity contribution in [3.05, 3.63) is 64.5 Å². The van der Waals surface area contributed by atoms with Crippen molar-refractivity contribution in [2.24, 2.45) is 0 Å². The number of nitrogens with zero attached hydrogens (tertiary/aromatic N) is 1. The third-order valence-electron chi connectivity index (χ3n) is 5.48. The maximum absolute atomic E-state index is 13.0. The van der Waals surface area contributed by atoms with Gasteiger partial charge < -0.3 is 21.1 Å². The molecule has 2 heterocycles. The molecular formula is C23H24N4O2S. The largest absolute Gasteiger partial charge is 0.489 e. The molecule has 1 unspecified atom stereocenters. The molecular weight excluding hydrogens is 396 g/mol. The van der Waals surface area contributed by atoms with Gasteiger partial charge >= 0.3 is 0 Å². The standard InChI is InChI=1S/C23H24N4O2S/c24-22-21(20(28)16-3-1-2-15(12-16)14-4-5-14)30-23(27-22)26-17-6-8-18(9-7-17)29-19-10-11-25-13-19/h1-3,6-9,12,14,19,25H,4-5,10-11,13,24H2,(H,26,27). The summed E-state index contributed by atoms with van der Waals surface area (Å²) in [6.07, 6.45) is 3.67. The minimum atomic E-state index is -0.0746. The molecule has 3 aromatic rings. The molecule has 2 fully saturated rings. The highest BCUT2D eigenvalue weighted by molar-refractivity contribution is 7.18. The number of hydrogen-bond donors (Lipinski definition) is 3. The number of carbonyl (C=O) groups is 1. The molecule has 1 atom stereocenters. The Labute approximate surface area is 179 Å². The molecule has 1 saturated heterocycles. The number of ether oxygens (including phenoxy) is 1. The lowest BCUT2D eigenvalue weighted by molar-refractivity contribution is 0.104. The van der Waals surface area contributed by atoms with Gasteiger partial charge in [-0.1, -0.05) is 29.5 Å². The van der Waals surface area contributed by atoms with Crippen LogP contribution in [0.4, 0.5) is 16.6 Å². The highest BCUT2D eigenvalue weighted by Crippen LogP contribution is 2.40. The fourth-order valence-corrected chi connectivity index (χ4v) is 4.56. The van der Waals surface area contributed by atoms with Crippen LogP contribution in [0.2, 0.25) is 0 Å². The molecule has 1 aliphatic carbocycles. The topological polar surface area (TPSA) is 89.3 Å². The maximum Gasteiger partial charge on any atom is 0.206 e. The molecule has 0 bridgehead atoms. The first-order valence-electron chi connectivity index (χ1n) is 10.3. The van der Waals surface area contributed by atoms with Gasteiger partial charge in [-0.05, 0) is 67.6 Å². The number of carbonyl (C=O) groups excluding carboxylic acids is 1. The highest BCUT2D eigenvalue weighted by Gasteiger charge is 2.25. The summed E-state index contributed by atoms with van der Waals surface area (Å²) < 4.78 is 5.95. The average Bonchev–Trinajstić information content (AvgIpc) is 3.38. The summed E-state index contributed by atoms with van der Waals surface area (Å²) in [6.45, 7) is 1.89. The number of anilines is 3. The van der Waals surface area contributed by atoms with Gasteiger partial charge in [0.1, 0.15) is 22.5 Å². The van der Waals surface area contributed by atoms with Gasteiger partial charge in [0, 0.05) is 17.8 Å². The quantitative estimate of drug-likeness (QED) is 0.493. The van der Waals surface area contributed by atoms with Gasteiger partial charge in [0.15, 0.2) is 5.13 Å². The molecule has 7 heteroatoms. The van der Waals surface area contributed by atoms with Crippen molar-refractivity contribution in [1.82, 2.24) is 10.3 Å². The zero-order valence-electron chi connectivity index (χ0n) is 16.6. The Balaban J connectivity index is 1.28. The second-order valence-corrected chi connectivity index (χ2v) is 8.84. The lowest BCUT2D eigenvalue weighted by atomic mass is 10.0. The molecule has 1 aliphatic heterocycles. The second-order valence-electron chi connectivity index (χ2n) is 7.84. The van der Waals surface area contributed by atoms with Crippen LogP contribution < -0.4 is 21.1 Å². The summed E-state index contributed by atoms with van der Waals surface area (Å²) in [5, 5.41) is 7.13. The zero-order valence-corrected chi connectivity index (χ0v) is 17.4. The monoisotopic (exact) mass is 420 g/mol. The number of hydrogen-bond acceptors (Lipinski definition) is 7. The first kappa shape index (κ1) is 19.1. The van der Waals surface area contributed by atoms with E-state index in [0.29, 0.717) is 21.5 Å². The predicted octanol–water partition coefficient (Wildman–Crippen LogP) is 4.32. The van der Waals surface area contributed by atoms with Crippen LogP contribution in [0.3, 0.4) is 0 Å². The number of ketones is 1. The maximum atomic E-state index is 13.0. The normalized spacial score (nSPS) is 18.3. The van der Waals surface area contributed by atoms with Crippen LogP contribution in [-0.4, -0.2) is 30.0 Å². The molecule has 0 radical (unpaired) electrons. The fraction of sp³-hybridized carbons (Fsp3) is 0.304. The van der Waals surface area contributed by atoms with Crippen LogP contribution in [0.5, 0.6) is 5.75 Å². The van der Waals surface area contributed by atoms with E-state index in [0.717, 1.165) is 30.9 Å². The lowest BCUT2D eigenvalue weighted by Crippen LogP contribution is -2.19. The van der Waals surface area contributed by atoms with Crippen molar-refractivity contribution in [2.45, 2.75) is 31.3 Å². The van der Waals surface area contributed by atoms with Gasteiger partial charge in [-0.2, -0.15) is 0 Å². The Morgan fingerprint density at radius 3 is 2.73 bits per heavy atom. The van der Waals surface area contributed by atoms with E-state index in [1.165, 1.54) is 29.7 Å². The molecule has 30 heavy (non-hydrogen) atoms. The SMILES string of the molecule is Nc1nc(Nc2ccc(OC3CCNC3)cc2)sc1C(=O)c1cccc(C2CC2)c1. The first-order valence-corrected chi connectivity index (χ1v) is 11.1. The van der Waals surface area contributed by atoms with E-state index in [1.807, 2.05) is 42.5 Å². The van der Waals surface area contributed by atoms with Crippen LogP contribution in [-0.2, 0) is 0 Å². The Kier molecular flexibility index (Phi) is 5.14. The summed E-state index contributed by atoms with van der Waals surface area (Å²) in [5.41, 5.74) is 8.85. The van der Waals surface area contributed by atoms with Crippen molar-refractivity contribution >= 4 is 33.8 Å². The Hall–Kier alpha value is -2.90. The molecule has 2 aliphatic rings. The summed E-state index contributed by atoms with van der Waals surface area (Å²) in [5.74, 6) is 1.64. The fourth-order valence-electron chi connectivity index (χ4n) is 3.69. The van der Waals surface area contributed by atoms with Gasteiger partial charge in [-0.3, -0.25) is 4.79 Å². The van der Waals surface area contributed by atoms with Crippen molar-refractivity contribution in [3.63, 3.8) is 0 Å². The number of nitrogens with two attached hydrogens (primary N) is 1. The minimum Gasteiger partial charge on any atom is -0.489 e. The van der Waals surface area contributed by atoms with E-state index in [2.05, 4.69) is 21.7 Å². The first-order chi connectivity index (χ1) is 14.7. The molecule has 0 amide bonds. The Morgan fingerprint density at radius 2 is 2.00 bits per heavy atom. The predicted molar refractivity (Wildman–Crippen MR) is 120 cm³/mol. The van der Waals surface area contributed by atoms with E-state index < -0.39 is 0 Å². The molecule has 5 rings (SSSR count). The number of nitrogen functional groups attached to an aromatic ring is 1. The molecule has 1 saturated carbocycles. The van der Waals surface area contributed by atoms with Gasteiger partial charge in [-0.25, -0.2) is 4.98 Å². The van der Waals surface area contributed by atoms with E-state index >= 15 is 0 Å². The van der Waals surface area contributed by atoms with Crippen molar-refractivity contribution < 1.29 is 9.53 Å². The van der Waals surface area contributed by atoms with Crippen LogP contribution in [0, 0.1) is 0 Å². The average molecular weight is 421 g/mol. The number of rotatable bonds is 7. The smallest absolute Gasteiger partial charge is 0.206 e. The highest BCUT2D eigenvalue weighted by atomic mass is 32.1. The molecule has 4 N–H and O–H groups in total. The minimum absolute atomic E-state index is 0.0746. The van der Waals surface area contributed by atoms with Gasteiger partial charge in [0.05, 0.1) is 0 Å². The lowest BCUT2D eigenvalue weighted by Gasteiger charge is -2.12. The Morgan fingerprint density at radius 1 is 1.17 bits per heavy atom. The van der Waals surface area contributed by atoms with E-state index in [9.17, 15) is 4.79 Å². The number of aromatic nitrogens is 1. The zero-order chi connectivity index (χ0) is 20.5. The summed E-state index contributed by atoms with van der Waals surface area (Å²) >= 11 is 1.28. The Bertz CT molecular complexity index is 1050. The number of benzene rings is 2. The second kappa shape index (κ2) is 8.08. The van der Waals surface area contributed by atoms with Gasteiger partial charge in [0.2, 0.25) is 5.78 Å². The van der Waals surface area contributed by atoms with E-state index in [1.54, 1.807) is 0 Å².